The Labute approximate surface area is 172 Å². The summed E-state index contributed by atoms with van der Waals surface area (Å²) in [5.74, 6) is -0.0328. The van der Waals surface area contributed by atoms with Crippen molar-refractivity contribution in [2.45, 2.75) is 13.8 Å². The number of thiophene rings is 1. The van der Waals surface area contributed by atoms with Gasteiger partial charge in [-0.05, 0) is 60.7 Å². The second-order valence-corrected chi connectivity index (χ2v) is 7.24. The number of nitrogens with one attached hydrogen (secondary N) is 1. The van der Waals surface area contributed by atoms with Gasteiger partial charge < -0.3 is 9.47 Å². The van der Waals surface area contributed by atoms with E-state index >= 15 is 0 Å². The van der Waals surface area contributed by atoms with Gasteiger partial charge in [-0.2, -0.15) is 5.10 Å². The Morgan fingerprint density at radius 1 is 1.07 bits per heavy atom. The van der Waals surface area contributed by atoms with Gasteiger partial charge in [0, 0.05) is 5.56 Å². The summed E-state index contributed by atoms with van der Waals surface area (Å²) < 4.78 is 10.7. The van der Waals surface area contributed by atoms with Crippen molar-refractivity contribution >= 4 is 29.4 Å². The van der Waals surface area contributed by atoms with Crippen LogP contribution in [0.3, 0.4) is 0 Å². The molecule has 0 fully saturated rings. The number of carbonyl (C=O) groups is 2. The molecule has 0 aliphatic carbocycles. The molecule has 0 unspecified atom stereocenters. The van der Waals surface area contributed by atoms with E-state index in [-0.39, 0.29) is 5.91 Å². The molecule has 148 valence electrons. The number of esters is 1. The number of aryl methyl sites for hydroxylation is 2. The number of rotatable bonds is 6. The maximum absolute atomic E-state index is 12.3. The van der Waals surface area contributed by atoms with Crippen molar-refractivity contribution in [1.29, 1.82) is 0 Å². The van der Waals surface area contributed by atoms with Crippen molar-refractivity contribution < 1.29 is 19.1 Å². The van der Waals surface area contributed by atoms with Crippen LogP contribution in [0.15, 0.2) is 59.0 Å². The summed E-state index contributed by atoms with van der Waals surface area (Å²) in [6.45, 7) is 3.86. The summed E-state index contributed by atoms with van der Waals surface area (Å²) in [4.78, 5) is 24.9. The Bertz CT molecular complexity index is 1060. The standard InChI is InChI=1S/C22H20N2O4S/c1-14-6-8-17(15(2)11-14)21(25)24-23-13-16-7-9-18(19(12-16)27-3)28-22(26)20-5-4-10-29-20/h4-13H,1-3H3,(H,24,25). The maximum Gasteiger partial charge on any atom is 0.353 e. The molecule has 1 amide bonds. The molecule has 0 radical (unpaired) electrons. The Balaban J connectivity index is 1.68. The molecule has 0 aliphatic heterocycles. The molecule has 0 saturated carbocycles. The number of methoxy groups -OCH3 is 1. The topological polar surface area (TPSA) is 77.0 Å². The highest BCUT2D eigenvalue weighted by atomic mass is 32.1. The predicted molar refractivity (Wildman–Crippen MR) is 113 cm³/mol. The van der Waals surface area contributed by atoms with E-state index in [2.05, 4.69) is 10.5 Å². The number of ether oxygens (including phenoxy) is 2. The molecule has 6 nitrogen and oxygen atoms in total. The van der Waals surface area contributed by atoms with E-state index in [9.17, 15) is 9.59 Å². The second kappa shape index (κ2) is 9.16. The largest absolute Gasteiger partial charge is 0.493 e. The van der Waals surface area contributed by atoms with Crippen LogP contribution in [0.1, 0.15) is 36.7 Å². The van der Waals surface area contributed by atoms with Crippen LogP contribution in [0, 0.1) is 13.8 Å². The molecule has 0 saturated heterocycles. The smallest absolute Gasteiger partial charge is 0.353 e. The predicted octanol–water partition coefficient (Wildman–Crippen LogP) is 4.36. The molecule has 3 rings (SSSR count). The average Bonchev–Trinajstić information content (AvgIpc) is 3.23. The molecule has 7 heteroatoms. The summed E-state index contributed by atoms with van der Waals surface area (Å²) in [5.41, 5.74) is 5.74. The van der Waals surface area contributed by atoms with Gasteiger partial charge in [0.1, 0.15) is 4.88 Å². The van der Waals surface area contributed by atoms with Gasteiger partial charge in [0.2, 0.25) is 0 Å². The normalized spacial score (nSPS) is 10.7. The Kier molecular flexibility index (Phi) is 6.41. The van der Waals surface area contributed by atoms with Crippen molar-refractivity contribution in [2.24, 2.45) is 5.10 Å². The van der Waals surface area contributed by atoms with E-state index < -0.39 is 5.97 Å². The minimum atomic E-state index is -0.444. The number of hydrogen-bond acceptors (Lipinski definition) is 6. The van der Waals surface area contributed by atoms with E-state index in [1.165, 1.54) is 24.7 Å². The summed E-state index contributed by atoms with van der Waals surface area (Å²) in [6.07, 6.45) is 1.49. The highest BCUT2D eigenvalue weighted by Crippen LogP contribution is 2.28. The van der Waals surface area contributed by atoms with Gasteiger partial charge in [0.25, 0.3) is 5.91 Å². The molecule has 1 N–H and O–H groups in total. The Morgan fingerprint density at radius 3 is 2.59 bits per heavy atom. The van der Waals surface area contributed by atoms with Crippen molar-refractivity contribution in [3.8, 4) is 11.5 Å². The minimum absolute atomic E-state index is 0.285. The molecule has 0 atom stereocenters. The molecule has 0 bridgehead atoms. The lowest BCUT2D eigenvalue weighted by Gasteiger charge is -2.09. The Morgan fingerprint density at radius 2 is 1.90 bits per heavy atom. The number of hydrazone groups is 1. The quantitative estimate of drug-likeness (QED) is 0.285. The maximum atomic E-state index is 12.3. The third kappa shape index (κ3) is 5.08. The first-order valence-electron chi connectivity index (χ1n) is 8.82. The molecular formula is C22H20N2O4S. The first-order chi connectivity index (χ1) is 14.0. The lowest BCUT2D eigenvalue weighted by molar-refractivity contribution is 0.0734. The zero-order valence-corrected chi connectivity index (χ0v) is 17.1. The zero-order valence-electron chi connectivity index (χ0n) is 16.3. The van der Waals surface area contributed by atoms with Crippen LogP contribution < -0.4 is 14.9 Å². The first kappa shape index (κ1) is 20.3. The molecule has 29 heavy (non-hydrogen) atoms. The number of benzene rings is 2. The summed E-state index contributed by atoms with van der Waals surface area (Å²) in [6, 6.07) is 14.1. The summed E-state index contributed by atoms with van der Waals surface area (Å²) in [7, 11) is 1.49. The molecule has 0 spiro atoms. The lowest BCUT2D eigenvalue weighted by Crippen LogP contribution is -2.18. The fourth-order valence-electron chi connectivity index (χ4n) is 2.69. The molecular weight excluding hydrogens is 388 g/mol. The highest BCUT2D eigenvalue weighted by molar-refractivity contribution is 7.12. The third-order valence-electron chi connectivity index (χ3n) is 4.12. The fourth-order valence-corrected chi connectivity index (χ4v) is 3.29. The van der Waals surface area contributed by atoms with Gasteiger partial charge in [-0.3, -0.25) is 4.79 Å². The van der Waals surface area contributed by atoms with Crippen LogP contribution in [0.25, 0.3) is 0 Å². The van der Waals surface area contributed by atoms with E-state index in [0.717, 1.165) is 11.1 Å². The molecule has 2 aromatic carbocycles. The minimum Gasteiger partial charge on any atom is -0.493 e. The van der Waals surface area contributed by atoms with Crippen LogP contribution in [-0.4, -0.2) is 25.2 Å². The third-order valence-corrected chi connectivity index (χ3v) is 4.97. The Hall–Kier alpha value is -3.45. The number of carbonyl (C=O) groups excluding carboxylic acids is 2. The highest BCUT2D eigenvalue weighted by Gasteiger charge is 2.13. The van der Waals surface area contributed by atoms with Crippen LogP contribution in [-0.2, 0) is 0 Å². The summed E-state index contributed by atoms with van der Waals surface area (Å²) >= 11 is 1.30. The van der Waals surface area contributed by atoms with Crippen molar-refractivity contribution in [1.82, 2.24) is 5.43 Å². The average molecular weight is 408 g/mol. The van der Waals surface area contributed by atoms with Gasteiger partial charge >= 0.3 is 5.97 Å². The van der Waals surface area contributed by atoms with Gasteiger partial charge in [0.15, 0.2) is 11.5 Å². The van der Waals surface area contributed by atoms with Crippen molar-refractivity contribution in [3.63, 3.8) is 0 Å². The van der Waals surface area contributed by atoms with Gasteiger partial charge in [0.05, 0.1) is 13.3 Å². The van der Waals surface area contributed by atoms with E-state index in [4.69, 9.17) is 9.47 Å². The monoisotopic (exact) mass is 408 g/mol. The molecule has 3 aromatic rings. The van der Waals surface area contributed by atoms with E-state index in [0.29, 0.717) is 27.5 Å². The van der Waals surface area contributed by atoms with Crippen LogP contribution in [0.5, 0.6) is 11.5 Å². The number of hydrogen-bond donors (Lipinski definition) is 1. The molecule has 1 aromatic heterocycles. The summed E-state index contributed by atoms with van der Waals surface area (Å²) in [5, 5.41) is 5.81. The lowest BCUT2D eigenvalue weighted by atomic mass is 10.1. The van der Waals surface area contributed by atoms with Crippen molar-refractivity contribution in [3.05, 3.63) is 81.0 Å². The van der Waals surface area contributed by atoms with Crippen LogP contribution in [0.4, 0.5) is 0 Å². The van der Waals surface area contributed by atoms with Gasteiger partial charge in [-0.15, -0.1) is 11.3 Å². The van der Waals surface area contributed by atoms with Gasteiger partial charge in [-0.25, -0.2) is 10.2 Å². The van der Waals surface area contributed by atoms with Crippen LogP contribution in [0.2, 0.25) is 0 Å². The van der Waals surface area contributed by atoms with Crippen LogP contribution >= 0.6 is 11.3 Å². The van der Waals surface area contributed by atoms with Gasteiger partial charge in [-0.1, -0.05) is 23.8 Å². The van der Waals surface area contributed by atoms with E-state index in [1.54, 1.807) is 41.8 Å². The second-order valence-electron chi connectivity index (χ2n) is 6.29. The fraction of sp³-hybridized carbons (Fsp3) is 0.136. The molecule has 1 heterocycles. The van der Waals surface area contributed by atoms with Crippen molar-refractivity contribution in [2.75, 3.05) is 7.11 Å². The number of amides is 1. The van der Waals surface area contributed by atoms with E-state index in [1.807, 2.05) is 26.0 Å². The number of nitrogens with zero attached hydrogens (tertiary/aromatic N) is 1. The SMILES string of the molecule is COc1cc(C=NNC(=O)c2ccc(C)cc2C)ccc1OC(=O)c1cccs1. The first-order valence-corrected chi connectivity index (χ1v) is 9.70. The molecule has 0 aliphatic rings. The zero-order chi connectivity index (χ0) is 20.8.